The van der Waals surface area contributed by atoms with Crippen LogP contribution in [0.25, 0.3) is 0 Å². The fraction of sp³-hybridized carbons (Fsp3) is 0.368. The molecule has 21 heavy (non-hydrogen) atoms. The third kappa shape index (κ3) is 3.11. The highest BCUT2D eigenvalue weighted by Gasteiger charge is 2.24. The molecule has 0 saturated carbocycles. The highest BCUT2D eigenvalue weighted by atomic mass is 16.5. The average Bonchev–Trinajstić information content (AvgIpc) is 2.54. The minimum atomic E-state index is 0.514. The number of benzene rings is 2. The van der Waals surface area contributed by atoms with E-state index in [1.165, 1.54) is 36.0 Å². The maximum absolute atomic E-state index is 5.36. The smallest absolute Gasteiger partial charge is 0.119 e. The van der Waals surface area contributed by atoms with E-state index >= 15 is 0 Å². The van der Waals surface area contributed by atoms with Gasteiger partial charge in [0, 0.05) is 12.6 Å². The number of hydrogen-bond acceptors (Lipinski definition) is 2. The van der Waals surface area contributed by atoms with E-state index in [2.05, 4.69) is 60.5 Å². The van der Waals surface area contributed by atoms with E-state index < -0.39 is 0 Å². The van der Waals surface area contributed by atoms with Crippen molar-refractivity contribution in [2.75, 3.05) is 14.2 Å². The highest BCUT2D eigenvalue weighted by molar-refractivity contribution is 5.39. The van der Waals surface area contributed by atoms with Crippen LogP contribution in [0, 0.1) is 0 Å². The van der Waals surface area contributed by atoms with Crippen LogP contribution < -0.4 is 4.74 Å². The van der Waals surface area contributed by atoms with Crippen molar-refractivity contribution in [3.8, 4) is 5.75 Å². The lowest BCUT2D eigenvalue weighted by atomic mass is 9.86. The van der Waals surface area contributed by atoms with Crippen LogP contribution in [0.15, 0.2) is 48.5 Å². The molecular formula is C19H23NO. The molecule has 3 rings (SSSR count). The molecule has 0 radical (unpaired) electrons. The van der Waals surface area contributed by atoms with Crippen LogP contribution in [0.1, 0.15) is 35.6 Å². The first-order valence-electron chi connectivity index (χ1n) is 7.69. The number of hydrogen-bond donors (Lipinski definition) is 0. The summed E-state index contributed by atoms with van der Waals surface area (Å²) in [5, 5.41) is 0. The van der Waals surface area contributed by atoms with Crippen LogP contribution in [0.3, 0.4) is 0 Å². The summed E-state index contributed by atoms with van der Waals surface area (Å²) in [7, 11) is 3.97. The first kappa shape index (κ1) is 14.2. The molecule has 2 aromatic rings. The van der Waals surface area contributed by atoms with Crippen molar-refractivity contribution in [2.45, 2.75) is 31.8 Å². The minimum Gasteiger partial charge on any atom is -0.497 e. The van der Waals surface area contributed by atoms with E-state index in [-0.39, 0.29) is 0 Å². The zero-order valence-electron chi connectivity index (χ0n) is 12.9. The molecule has 0 fully saturated rings. The molecule has 0 spiro atoms. The van der Waals surface area contributed by atoms with E-state index in [1.54, 1.807) is 7.11 Å². The molecule has 2 aromatic carbocycles. The Morgan fingerprint density at radius 2 is 1.95 bits per heavy atom. The Labute approximate surface area is 127 Å². The molecule has 0 amide bonds. The molecular weight excluding hydrogens is 258 g/mol. The van der Waals surface area contributed by atoms with Gasteiger partial charge in [0.2, 0.25) is 0 Å². The SMILES string of the molecule is COc1ccc2c(c1)CCCC2N(C)Cc1ccccc1. The molecule has 0 bridgehead atoms. The molecule has 2 nitrogen and oxygen atoms in total. The molecule has 1 atom stereocenters. The van der Waals surface area contributed by atoms with Crippen molar-refractivity contribution in [2.24, 2.45) is 0 Å². The van der Waals surface area contributed by atoms with Crippen molar-refractivity contribution in [1.82, 2.24) is 4.90 Å². The fourth-order valence-corrected chi connectivity index (χ4v) is 3.33. The quantitative estimate of drug-likeness (QED) is 0.832. The van der Waals surface area contributed by atoms with Gasteiger partial charge in [0.05, 0.1) is 7.11 Å². The summed E-state index contributed by atoms with van der Waals surface area (Å²) >= 11 is 0. The first-order chi connectivity index (χ1) is 10.3. The summed E-state index contributed by atoms with van der Waals surface area (Å²) in [4.78, 5) is 2.47. The van der Waals surface area contributed by atoms with Gasteiger partial charge in [-0.15, -0.1) is 0 Å². The van der Waals surface area contributed by atoms with Crippen molar-refractivity contribution in [1.29, 1.82) is 0 Å². The molecule has 0 N–H and O–H groups in total. The molecule has 0 aromatic heterocycles. The molecule has 1 aliphatic rings. The molecule has 0 saturated heterocycles. The molecule has 1 aliphatic carbocycles. The summed E-state index contributed by atoms with van der Waals surface area (Å²) in [6.45, 7) is 0.997. The third-order valence-corrected chi connectivity index (χ3v) is 4.44. The van der Waals surface area contributed by atoms with E-state index in [0.717, 1.165) is 12.3 Å². The Kier molecular flexibility index (Phi) is 4.26. The molecule has 110 valence electrons. The number of aryl methyl sites for hydroxylation is 1. The van der Waals surface area contributed by atoms with Crippen LogP contribution in [-0.4, -0.2) is 19.1 Å². The lowest BCUT2D eigenvalue weighted by Crippen LogP contribution is -2.27. The van der Waals surface area contributed by atoms with Crippen LogP contribution in [0.5, 0.6) is 5.75 Å². The van der Waals surface area contributed by atoms with E-state index in [4.69, 9.17) is 4.74 Å². The fourth-order valence-electron chi connectivity index (χ4n) is 3.33. The second kappa shape index (κ2) is 6.31. The molecule has 1 unspecified atom stereocenters. The first-order valence-corrected chi connectivity index (χ1v) is 7.69. The largest absolute Gasteiger partial charge is 0.497 e. The van der Waals surface area contributed by atoms with E-state index in [0.29, 0.717) is 6.04 Å². The Bertz CT molecular complexity index is 594. The van der Waals surface area contributed by atoms with Gasteiger partial charge in [-0.25, -0.2) is 0 Å². The Balaban J connectivity index is 1.81. The summed E-state index contributed by atoms with van der Waals surface area (Å²) in [6, 6.07) is 17.8. The van der Waals surface area contributed by atoms with Crippen LogP contribution in [0.4, 0.5) is 0 Å². The van der Waals surface area contributed by atoms with Gasteiger partial charge in [-0.05, 0) is 55.1 Å². The van der Waals surface area contributed by atoms with Crippen LogP contribution in [-0.2, 0) is 13.0 Å². The monoisotopic (exact) mass is 281 g/mol. The molecule has 0 aliphatic heterocycles. The Morgan fingerprint density at radius 1 is 1.14 bits per heavy atom. The summed E-state index contributed by atoms with van der Waals surface area (Å²) in [5.74, 6) is 0.972. The third-order valence-electron chi connectivity index (χ3n) is 4.44. The number of rotatable bonds is 4. The van der Waals surface area contributed by atoms with Gasteiger partial charge in [0.1, 0.15) is 5.75 Å². The number of fused-ring (bicyclic) bond motifs is 1. The van der Waals surface area contributed by atoms with Gasteiger partial charge in [-0.1, -0.05) is 36.4 Å². The van der Waals surface area contributed by atoms with Gasteiger partial charge >= 0.3 is 0 Å². The number of nitrogens with zero attached hydrogens (tertiary/aromatic N) is 1. The summed E-state index contributed by atoms with van der Waals surface area (Å²) in [6.07, 6.45) is 3.66. The second-order valence-corrected chi connectivity index (χ2v) is 5.87. The van der Waals surface area contributed by atoms with Crippen molar-refractivity contribution in [3.63, 3.8) is 0 Å². The highest BCUT2D eigenvalue weighted by Crippen LogP contribution is 2.35. The maximum atomic E-state index is 5.36. The van der Waals surface area contributed by atoms with E-state index in [1.807, 2.05) is 0 Å². The predicted octanol–water partition coefficient (Wildman–Crippen LogP) is 4.20. The van der Waals surface area contributed by atoms with Crippen molar-refractivity contribution < 1.29 is 4.74 Å². The zero-order chi connectivity index (χ0) is 14.7. The van der Waals surface area contributed by atoms with Gasteiger partial charge in [0.25, 0.3) is 0 Å². The minimum absolute atomic E-state index is 0.514. The van der Waals surface area contributed by atoms with E-state index in [9.17, 15) is 0 Å². The second-order valence-electron chi connectivity index (χ2n) is 5.87. The van der Waals surface area contributed by atoms with Gasteiger partial charge in [-0.2, -0.15) is 0 Å². The normalized spacial score (nSPS) is 17.6. The average molecular weight is 281 g/mol. The van der Waals surface area contributed by atoms with Gasteiger partial charge in [0.15, 0.2) is 0 Å². The van der Waals surface area contributed by atoms with Gasteiger partial charge in [-0.3, -0.25) is 4.90 Å². The summed E-state index contributed by atoms with van der Waals surface area (Å²) in [5.41, 5.74) is 4.30. The van der Waals surface area contributed by atoms with Crippen molar-refractivity contribution >= 4 is 0 Å². The summed E-state index contributed by atoms with van der Waals surface area (Å²) < 4.78 is 5.36. The van der Waals surface area contributed by atoms with Crippen molar-refractivity contribution in [3.05, 3.63) is 65.2 Å². The molecule has 2 heteroatoms. The lowest BCUT2D eigenvalue weighted by Gasteiger charge is -2.33. The standard InChI is InChI=1S/C19H23NO/c1-20(14-15-7-4-3-5-8-15)19-10-6-9-16-13-17(21-2)11-12-18(16)19/h3-5,7-8,11-13,19H,6,9-10,14H2,1-2H3. The topological polar surface area (TPSA) is 12.5 Å². The predicted molar refractivity (Wildman–Crippen MR) is 86.6 cm³/mol. The number of methoxy groups -OCH3 is 1. The Morgan fingerprint density at radius 3 is 2.71 bits per heavy atom. The number of ether oxygens (including phenoxy) is 1. The lowest BCUT2D eigenvalue weighted by molar-refractivity contribution is 0.213. The zero-order valence-corrected chi connectivity index (χ0v) is 12.9. The van der Waals surface area contributed by atoms with Crippen LogP contribution >= 0.6 is 0 Å². The van der Waals surface area contributed by atoms with Gasteiger partial charge < -0.3 is 4.74 Å². The Hall–Kier alpha value is -1.80. The van der Waals surface area contributed by atoms with Crippen LogP contribution in [0.2, 0.25) is 0 Å². The molecule has 0 heterocycles. The maximum Gasteiger partial charge on any atom is 0.119 e.